The zero-order valence-corrected chi connectivity index (χ0v) is 13.5. The first-order valence-electron chi connectivity index (χ1n) is 7.67. The average Bonchev–Trinajstić information content (AvgIpc) is 2.86. The second-order valence-corrected chi connectivity index (χ2v) is 5.82. The Hall–Kier alpha value is -2.75. The first-order valence-corrected chi connectivity index (χ1v) is 7.67. The van der Waals surface area contributed by atoms with Crippen LogP contribution in [0.2, 0.25) is 0 Å². The number of ether oxygens (including phenoxy) is 1. The Balaban J connectivity index is 1.81. The molecule has 1 amide bonds. The Morgan fingerprint density at radius 1 is 1.09 bits per heavy atom. The van der Waals surface area contributed by atoms with Crippen molar-refractivity contribution < 1.29 is 9.53 Å². The maximum atomic E-state index is 12.5. The van der Waals surface area contributed by atoms with Gasteiger partial charge in [-0.25, -0.2) is 0 Å². The van der Waals surface area contributed by atoms with E-state index in [1.54, 1.807) is 0 Å². The number of carbonyl (C=O) groups is 1. The lowest BCUT2D eigenvalue weighted by atomic mass is 10.1. The molecule has 0 aliphatic carbocycles. The molecule has 0 aliphatic rings. The molecular formula is C19H20N2O2. The maximum absolute atomic E-state index is 12.5. The number of nitrogens with zero attached hydrogens (tertiary/aromatic N) is 1. The van der Waals surface area contributed by atoms with Gasteiger partial charge in [-0.3, -0.25) is 4.79 Å². The molecule has 0 aliphatic heterocycles. The molecule has 3 rings (SSSR count). The molecule has 0 spiro atoms. The van der Waals surface area contributed by atoms with Crippen LogP contribution in [0.25, 0.3) is 10.9 Å². The van der Waals surface area contributed by atoms with Crippen LogP contribution >= 0.6 is 0 Å². The molecule has 1 aromatic heterocycles. The van der Waals surface area contributed by atoms with Crippen molar-refractivity contribution in [1.82, 2.24) is 4.57 Å². The second-order valence-electron chi connectivity index (χ2n) is 5.82. The fourth-order valence-electron chi connectivity index (χ4n) is 2.61. The molecule has 4 nitrogen and oxygen atoms in total. The number of nitrogens with one attached hydrogen (secondary N) is 1. The van der Waals surface area contributed by atoms with Crippen LogP contribution in [0, 0.1) is 0 Å². The topological polar surface area (TPSA) is 43.3 Å². The smallest absolute Gasteiger partial charge is 0.257 e. The van der Waals surface area contributed by atoms with Gasteiger partial charge in [0, 0.05) is 29.8 Å². The standard InChI is InChI=1S/C19H20N2O2/c1-13(2)23-15-10-8-14(9-11-15)20-19(22)17-12-21(3)18-7-5-4-6-16(17)18/h4-13H,1-3H3,(H,20,22). The highest BCUT2D eigenvalue weighted by atomic mass is 16.5. The average molecular weight is 308 g/mol. The molecule has 4 heteroatoms. The third-order valence-corrected chi connectivity index (χ3v) is 3.63. The highest BCUT2D eigenvalue weighted by Gasteiger charge is 2.13. The summed E-state index contributed by atoms with van der Waals surface area (Å²) in [5, 5.41) is 3.89. The number of anilines is 1. The lowest BCUT2D eigenvalue weighted by molar-refractivity contribution is 0.102. The summed E-state index contributed by atoms with van der Waals surface area (Å²) in [5.41, 5.74) is 2.46. The van der Waals surface area contributed by atoms with Gasteiger partial charge >= 0.3 is 0 Å². The number of para-hydroxylation sites is 1. The lowest BCUT2D eigenvalue weighted by Gasteiger charge is -2.10. The van der Waals surface area contributed by atoms with Crippen LogP contribution in [0.4, 0.5) is 5.69 Å². The van der Waals surface area contributed by atoms with Crippen molar-refractivity contribution in [3.05, 3.63) is 60.3 Å². The molecule has 0 unspecified atom stereocenters. The Labute approximate surface area is 135 Å². The van der Waals surface area contributed by atoms with E-state index in [0.29, 0.717) is 5.56 Å². The zero-order chi connectivity index (χ0) is 16.4. The summed E-state index contributed by atoms with van der Waals surface area (Å²) in [7, 11) is 1.94. The van der Waals surface area contributed by atoms with Crippen molar-refractivity contribution in [3.8, 4) is 5.75 Å². The second kappa shape index (κ2) is 6.16. The van der Waals surface area contributed by atoms with Crippen molar-refractivity contribution in [2.45, 2.75) is 20.0 Å². The minimum atomic E-state index is -0.112. The molecular weight excluding hydrogens is 288 g/mol. The van der Waals surface area contributed by atoms with E-state index in [-0.39, 0.29) is 12.0 Å². The number of fused-ring (bicyclic) bond motifs is 1. The van der Waals surface area contributed by atoms with Crippen LogP contribution in [0.15, 0.2) is 54.7 Å². The molecule has 0 bridgehead atoms. The quantitative estimate of drug-likeness (QED) is 0.784. The Kier molecular flexibility index (Phi) is 4.06. The minimum absolute atomic E-state index is 0.112. The van der Waals surface area contributed by atoms with Gasteiger partial charge in [-0.15, -0.1) is 0 Å². The van der Waals surface area contributed by atoms with Gasteiger partial charge in [-0.05, 0) is 44.2 Å². The van der Waals surface area contributed by atoms with Gasteiger partial charge in [-0.2, -0.15) is 0 Å². The molecule has 2 aromatic carbocycles. The van der Waals surface area contributed by atoms with Crippen molar-refractivity contribution in [2.75, 3.05) is 5.32 Å². The monoisotopic (exact) mass is 308 g/mol. The Bertz CT molecular complexity index is 832. The lowest BCUT2D eigenvalue weighted by Crippen LogP contribution is -2.11. The van der Waals surface area contributed by atoms with Gasteiger partial charge in [0.2, 0.25) is 0 Å². The van der Waals surface area contributed by atoms with Crippen molar-refractivity contribution in [3.63, 3.8) is 0 Å². The number of benzene rings is 2. The zero-order valence-electron chi connectivity index (χ0n) is 13.5. The normalized spacial score (nSPS) is 11.0. The van der Waals surface area contributed by atoms with Gasteiger partial charge in [0.15, 0.2) is 0 Å². The van der Waals surface area contributed by atoms with Crippen LogP contribution in [0.3, 0.4) is 0 Å². The first-order chi connectivity index (χ1) is 11.0. The highest BCUT2D eigenvalue weighted by Crippen LogP contribution is 2.22. The van der Waals surface area contributed by atoms with E-state index >= 15 is 0 Å². The molecule has 0 radical (unpaired) electrons. The molecule has 1 N–H and O–H groups in total. The van der Waals surface area contributed by atoms with Crippen molar-refractivity contribution >= 4 is 22.5 Å². The third kappa shape index (κ3) is 3.21. The number of aromatic nitrogens is 1. The maximum Gasteiger partial charge on any atom is 0.257 e. The molecule has 0 atom stereocenters. The van der Waals surface area contributed by atoms with Crippen LogP contribution < -0.4 is 10.1 Å². The minimum Gasteiger partial charge on any atom is -0.491 e. The predicted molar refractivity (Wildman–Crippen MR) is 93.1 cm³/mol. The number of carbonyl (C=O) groups excluding carboxylic acids is 1. The summed E-state index contributed by atoms with van der Waals surface area (Å²) in [6, 6.07) is 15.3. The summed E-state index contributed by atoms with van der Waals surface area (Å²) in [4.78, 5) is 12.5. The van der Waals surface area contributed by atoms with E-state index in [1.807, 2.05) is 80.2 Å². The van der Waals surface area contributed by atoms with E-state index in [9.17, 15) is 4.79 Å². The van der Waals surface area contributed by atoms with Crippen molar-refractivity contribution in [1.29, 1.82) is 0 Å². The number of amides is 1. The van der Waals surface area contributed by atoms with E-state index in [2.05, 4.69) is 5.32 Å². The highest BCUT2D eigenvalue weighted by molar-refractivity contribution is 6.12. The SMILES string of the molecule is CC(C)Oc1ccc(NC(=O)c2cn(C)c3ccccc23)cc1. The summed E-state index contributed by atoms with van der Waals surface area (Å²) >= 11 is 0. The largest absolute Gasteiger partial charge is 0.491 e. The number of hydrogen-bond donors (Lipinski definition) is 1. The molecule has 23 heavy (non-hydrogen) atoms. The summed E-state index contributed by atoms with van der Waals surface area (Å²) < 4.78 is 7.57. The number of aryl methyl sites for hydroxylation is 1. The molecule has 3 aromatic rings. The molecule has 118 valence electrons. The fourth-order valence-corrected chi connectivity index (χ4v) is 2.61. The van der Waals surface area contributed by atoms with E-state index in [1.165, 1.54) is 0 Å². The van der Waals surface area contributed by atoms with Gasteiger partial charge in [-0.1, -0.05) is 18.2 Å². The van der Waals surface area contributed by atoms with Gasteiger partial charge < -0.3 is 14.6 Å². The predicted octanol–water partition coefficient (Wildman–Crippen LogP) is 4.22. The summed E-state index contributed by atoms with van der Waals surface area (Å²) in [5.74, 6) is 0.683. The van der Waals surface area contributed by atoms with Crippen LogP contribution in [0.1, 0.15) is 24.2 Å². The van der Waals surface area contributed by atoms with Crippen molar-refractivity contribution in [2.24, 2.45) is 7.05 Å². The van der Waals surface area contributed by atoms with Gasteiger partial charge in [0.05, 0.1) is 11.7 Å². The third-order valence-electron chi connectivity index (χ3n) is 3.63. The summed E-state index contributed by atoms with van der Waals surface area (Å²) in [6.07, 6.45) is 1.99. The van der Waals surface area contributed by atoms with E-state index in [0.717, 1.165) is 22.3 Å². The summed E-state index contributed by atoms with van der Waals surface area (Å²) in [6.45, 7) is 3.96. The van der Waals surface area contributed by atoms with E-state index < -0.39 is 0 Å². The van der Waals surface area contributed by atoms with E-state index in [4.69, 9.17) is 4.74 Å². The first kappa shape index (κ1) is 15.2. The Morgan fingerprint density at radius 2 is 1.78 bits per heavy atom. The van der Waals surface area contributed by atoms with Gasteiger partial charge in [0.25, 0.3) is 5.91 Å². The van der Waals surface area contributed by atoms with Crippen LogP contribution in [-0.2, 0) is 7.05 Å². The van der Waals surface area contributed by atoms with Crippen LogP contribution in [0.5, 0.6) is 5.75 Å². The van der Waals surface area contributed by atoms with Crippen LogP contribution in [-0.4, -0.2) is 16.6 Å². The number of rotatable bonds is 4. The fraction of sp³-hybridized carbons (Fsp3) is 0.211. The molecule has 1 heterocycles. The molecule has 0 saturated heterocycles. The van der Waals surface area contributed by atoms with Gasteiger partial charge in [0.1, 0.15) is 5.75 Å². The molecule has 0 saturated carbocycles. The molecule has 0 fully saturated rings. The Morgan fingerprint density at radius 3 is 2.48 bits per heavy atom. The number of hydrogen-bond acceptors (Lipinski definition) is 2.